The topological polar surface area (TPSA) is 65.2 Å². The van der Waals surface area contributed by atoms with Crippen molar-refractivity contribution >= 4 is 0 Å². The summed E-state index contributed by atoms with van der Waals surface area (Å²) >= 11 is 0. The fourth-order valence-electron chi connectivity index (χ4n) is 0.361. The maximum atomic E-state index is 4.83. The second-order valence-electron chi connectivity index (χ2n) is 1.22. The van der Waals surface area contributed by atoms with E-state index in [4.69, 9.17) is 4.42 Å². The van der Waals surface area contributed by atoms with Crippen LogP contribution in [0.2, 0.25) is 0 Å². The minimum atomic E-state index is 0.968. The normalized spacial score (nSPS) is 7.38. The van der Waals surface area contributed by atoms with Crippen LogP contribution in [0.15, 0.2) is 22.8 Å². The third-order valence-corrected chi connectivity index (χ3v) is 0.663. The standard InChI is InChI=1S/C5H6O.H4N2/c1-5-3-2-4-6-5;1-2/h2-4H,1H3;1-2H2. The van der Waals surface area contributed by atoms with Gasteiger partial charge in [-0.05, 0) is 19.1 Å². The molecule has 0 aromatic carbocycles. The highest BCUT2D eigenvalue weighted by atomic mass is 16.3. The molecule has 3 heteroatoms. The second-order valence-corrected chi connectivity index (χ2v) is 1.22. The molecule has 0 saturated heterocycles. The first kappa shape index (κ1) is 7.20. The quantitative estimate of drug-likeness (QED) is 0.379. The van der Waals surface area contributed by atoms with Crippen molar-refractivity contribution in [2.24, 2.45) is 11.7 Å². The molecule has 0 fully saturated rings. The molecular weight excluding hydrogens is 104 g/mol. The molecule has 0 bridgehead atoms. The summed E-state index contributed by atoms with van der Waals surface area (Å²) in [4.78, 5) is 0. The Bertz CT molecular complexity index is 114. The van der Waals surface area contributed by atoms with E-state index >= 15 is 0 Å². The summed E-state index contributed by atoms with van der Waals surface area (Å²) in [6.45, 7) is 1.92. The number of nitrogens with two attached hydrogens (primary N) is 2. The Morgan fingerprint density at radius 3 is 2.25 bits per heavy atom. The van der Waals surface area contributed by atoms with Gasteiger partial charge in [0.2, 0.25) is 0 Å². The van der Waals surface area contributed by atoms with Gasteiger partial charge in [-0.25, -0.2) is 0 Å². The first-order valence-electron chi connectivity index (χ1n) is 2.23. The van der Waals surface area contributed by atoms with Crippen LogP contribution in [0.4, 0.5) is 0 Å². The Kier molecular flexibility index (Phi) is 3.93. The van der Waals surface area contributed by atoms with Gasteiger partial charge in [0.15, 0.2) is 0 Å². The van der Waals surface area contributed by atoms with Gasteiger partial charge in [-0.2, -0.15) is 0 Å². The third-order valence-electron chi connectivity index (χ3n) is 0.663. The SMILES string of the molecule is Cc1ccco1.NN. The first-order valence-corrected chi connectivity index (χ1v) is 2.23. The van der Waals surface area contributed by atoms with Gasteiger partial charge in [-0.3, -0.25) is 11.7 Å². The monoisotopic (exact) mass is 114 g/mol. The largest absolute Gasteiger partial charge is 0.470 e. The summed E-state index contributed by atoms with van der Waals surface area (Å²) in [7, 11) is 0. The highest BCUT2D eigenvalue weighted by Gasteiger charge is 1.75. The molecule has 1 heterocycles. The van der Waals surface area contributed by atoms with E-state index in [1.54, 1.807) is 6.26 Å². The summed E-state index contributed by atoms with van der Waals surface area (Å²) in [5.74, 6) is 8.97. The molecule has 1 aromatic heterocycles. The number of aryl methyl sites for hydroxylation is 1. The number of hydrogen-bond donors (Lipinski definition) is 2. The molecule has 8 heavy (non-hydrogen) atoms. The Morgan fingerprint density at radius 1 is 1.50 bits per heavy atom. The molecule has 4 N–H and O–H groups in total. The van der Waals surface area contributed by atoms with E-state index in [-0.39, 0.29) is 0 Å². The Hall–Kier alpha value is -0.800. The summed E-state index contributed by atoms with van der Waals surface area (Å²) in [6, 6.07) is 3.79. The van der Waals surface area contributed by atoms with Crippen LogP contribution >= 0.6 is 0 Å². The van der Waals surface area contributed by atoms with E-state index in [2.05, 4.69) is 11.7 Å². The summed E-state index contributed by atoms with van der Waals surface area (Å²) in [5.41, 5.74) is 0. The van der Waals surface area contributed by atoms with Crippen LogP contribution < -0.4 is 11.7 Å². The average Bonchev–Trinajstić information content (AvgIpc) is 2.24. The predicted molar refractivity (Wildman–Crippen MR) is 31.8 cm³/mol. The van der Waals surface area contributed by atoms with Crippen LogP contribution in [-0.4, -0.2) is 0 Å². The van der Waals surface area contributed by atoms with Crippen molar-refractivity contribution in [3.63, 3.8) is 0 Å². The number of furan rings is 1. The molecular formula is C5H10N2O. The van der Waals surface area contributed by atoms with E-state index in [1.807, 2.05) is 19.1 Å². The second kappa shape index (κ2) is 4.36. The maximum Gasteiger partial charge on any atom is 0.100 e. The Labute approximate surface area is 48.2 Å². The van der Waals surface area contributed by atoms with Crippen LogP contribution in [0.1, 0.15) is 5.76 Å². The van der Waals surface area contributed by atoms with Crippen LogP contribution in [0.3, 0.4) is 0 Å². The van der Waals surface area contributed by atoms with E-state index in [0.717, 1.165) is 5.76 Å². The van der Waals surface area contributed by atoms with Crippen LogP contribution in [0, 0.1) is 6.92 Å². The fourth-order valence-corrected chi connectivity index (χ4v) is 0.361. The molecule has 0 aliphatic carbocycles. The van der Waals surface area contributed by atoms with Gasteiger partial charge in [-0.1, -0.05) is 0 Å². The Balaban J connectivity index is 0.000000222. The summed E-state index contributed by atoms with van der Waals surface area (Å²) in [5, 5.41) is 0. The third kappa shape index (κ3) is 2.39. The van der Waals surface area contributed by atoms with E-state index in [9.17, 15) is 0 Å². The van der Waals surface area contributed by atoms with Crippen LogP contribution in [0.25, 0.3) is 0 Å². The van der Waals surface area contributed by atoms with E-state index in [1.165, 1.54) is 0 Å². The van der Waals surface area contributed by atoms with E-state index in [0.29, 0.717) is 0 Å². The molecule has 46 valence electrons. The zero-order valence-electron chi connectivity index (χ0n) is 4.79. The molecule has 0 aliphatic heterocycles. The summed E-state index contributed by atoms with van der Waals surface area (Å²) < 4.78 is 4.83. The van der Waals surface area contributed by atoms with Gasteiger partial charge in [0.05, 0.1) is 6.26 Å². The van der Waals surface area contributed by atoms with Gasteiger partial charge < -0.3 is 4.42 Å². The van der Waals surface area contributed by atoms with Crippen LogP contribution in [0.5, 0.6) is 0 Å². The molecule has 0 atom stereocenters. The lowest BCUT2D eigenvalue weighted by molar-refractivity contribution is 0.534. The maximum absolute atomic E-state index is 4.83. The summed E-state index contributed by atoms with van der Waals surface area (Å²) in [6.07, 6.45) is 1.66. The van der Waals surface area contributed by atoms with Crippen molar-refractivity contribution < 1.29 is 4.42 Å². The van der Waals surface area contributed by atoms with Gasteiger partial charge in [0.1, 0.15) is 5.76 Å². The average molecular weight is 114 g/mol. The lowest BCUT2D eigenvalue weighted by Gasteiger charge is -1.69. The number of hydrogen-bond acceptors (Lipinski definition) is 3. The molecule has 0 aliphatic rings. The Morgan fingerprint density at radius 2 is 2.12 bits per heavy atom. The minimum Gasteiger partial charge on any atom is -0.470 e. The first-order chi connectivity index (χ1) is 3.89. The molecule has 0 saturated carbocycles. The molecule has 0 unspecified atom stereocenters. The van der Waals surface area contributed by atoms with Gasteiger partial charge in [0, 0.05) is 0 Å². The highest BCUT2D eigenvalue weighted by molar-refractivity contribution is 4.93. The van der Waals surface area contributed by atoms with Crippen molar-refractivity contribution in [2.45, 2.75) is 6.92 Å². The minimum absolute atomic E-state index is 0.968. The number of hydrazine groups is 1. The van der Waals surface area contributed by atoms with Gasteiger partial charge in [-0.15, -0.1) is 0 Å². The van der Waals surface area contributed by atoms with Crippen LogP contribution in [-0.2, 0) is 0 Å². The highest BCUT2D eigenvalue weighted by Crippen LogP contribution is 1.93. The predicted octanol–water partition coefficient (Wildman–Crippen LogP) is 0.407. The van der Waals surface area contributed by atoms with E-state index < -0.39 is 0 Å². The van der Waals surface area contributed by atoms with Gasteiger partial charge in [0.25, 0.3) is 0 Å². The van der Waals surface area contributed by atoms with Crippen molar-refractivity contribution in [1.82, 2.24) is 0 Å². The van der Waals surface area contributed by atoms with Gasteiger partial charge >= 0.3 is 0 Å². The van der Waals surface area contributed by atoms with Crippen molar-refractivity contribution in [3.8, 4) is 0 Å². The molecule has 1 rings (SSSR count). The molecule has 0 amide bonds. The zero-order valence-corrected chi connectivity index (χ0v) is 4.79. The van der Waals surface area contributed by atoms with Crippen molar-refractivity contribution in [3.05, 3.63) is 24.2 Å². The van der Waals surface area contributed by atoms with Crippen molar-refractivity contribution in [1.29, 1.82) is 0 Å². The molecule has 1 aromatic rings. The fraction of sp³-hybridized carbons (Fsp3) is 0.200. The molecule has 3 nitrogen and oxygen atoms in total. The molecule has 0 spiro atoms. The van der Waals surface area contributed by atoms with Crippen molar-refractivity contribution in [2.75, 3.05) is 0 Å². The number of rotatable bonds is 0. The zero-order chi connectivity index (χ0) is 6.41. The lowest BCUT2D eigenvalue weighted by atomic mass is 10.5. The lowest BCUT2D eigenvalue weighted by Crippen LogP contribution is -2.02. The molecule has 0 radical (unpaired) electrons. The smallest absolute Gasteiger partial charge is 0.100 e.